The van der Waals surface area contributed by atoms with Crippen LogP contribution in [0.4, 0.5) is 11.4 Å². The van der Waals surface area contributed by atoms with Gasteiger partial charge < -0.3 is 9.47 Å². The molecule has 0 aliphatic rings. The lowest BCUT2D eigenvalue weighted by Gasteiger charge is -2.09. The van der Waals surface area contributed by atoms with Gasteiger partial charge in [-0.15, -0.1) is 0 Å². The minimum absolute atomic E-state index is 0.0620. The molecule has 0 spiro atoms. The van der Waals surface area contributed by atoms with Crippen LogP contribution in [0.1, 0.15) is 21.6 Å². The van der Waals surface area contributed by atoms with E-state index in [0.717, 1.165) is 6.20 Å². The van der Waals surface area contributed by atoms with E-state index in [9.17, 15) is 25.0 Å². The molecule has 0 aliphatic heterocycles. The number of ether oxygens (including phenoxy) is 2. The molecule has 1 N–H and O–H groups in total. The predicted molar refractivity (Wildman–Crippen MR) is 123 cm³/mol. The second-order valence-electron chi connectivity index (χ2n) is 6.67. The molecule has 13 nitrogen and oxygen atoms in total. The Labute approximate surface area is 200 Å². The van der Waals surface area contributed by atoms with Crippen molar-refractivity contribution in [2.75, 3.05) is 14.2 Å². The zero-order valence-electron chi connectivity index (χ0n) is 17.8. The number of halogens is 1. The molecule has 0 saturated carbocycles. The van der Waals surface area contributed by atoms with Crippen LogP contribution in [0, 0.1) is 20.2 Å². The second kappa shape index (κ2) is 10.5. The SMILES string of the molecule is COc1cc(OC)c(/C=N/NC(=O)c2nn(Cc3ccc([N+](=O)[O-])cc3)cc2[N+](=O)[O-])cc1Br. The summed E-state index contributed by atoms with van der Waals surface area (Å²) in [5.41, 5.74) is 2.28. The van der Waals surface area contributed by atoms with Crippen LogP contribution in [0.25, 0.3) is 0 Å². The van der Waals surface area contributed by atoms with Crippen molar-refractivity contribution in [2.24, 2.45) is 5.10 Å². The highest BCUT2D eigenvalue weighted by molar-refractivity contribution is 9.10. The van der Waals surface area contributed by atoms with Crippen molar-refractivity contribution in [3.05, 3.63) is 84.1 Å². The second-order valence-corrected chi connectivity index (χ2v) is 7.52. The van der Waals surface area contributed by atoms with E-state index in [2.05, 4.69) is 31.6 Å². The lowest BCUT2D eigenvalue weighted by molar-refractivity contribution is -0.385. The molecule has 14 heteroatoms. The summed E-state index contributed by atoms with van der Waals surface area (Å²) in [6.45, 7) is 0.0620. The van der Waals surface area contributed by atoms with Gasteiger partial charge in [-0.1, -0.05) is 12.1 Å². The number of hydrogen-bond donors (Lipinski definition) is 1. The third kappa shape index (κ3) is 5.53. The molecule has 0 bridgehead atoms. The van der Waals surface area contributed by atoms with Crippen molar-refractivity contribution < 1.29 is 24.1 Å². The quantitative estimate of drug-likeness (QED) is 0.249. The fourth-order valence-electron chi connectivity index (χ4n) is 2.89. The van der Waals surface area contributed by atoms with Gasteiger partial charge in [0.2, 0.25) is 5.69 Å². The molecule has 0 unspecified atom stereocenters. The number of aromatic nitrogens is 2. The predicted octanol–water partition coefficient (Wildman–Crippen LogP) is 3.29. The summed E-state index contributed by atoms with van der Waals surface area (Å²) in [7, 11) is 2.96. The Morgan fingerprint density at radius 2 is 1.82 bits per heavy atom. The maximum Gasteiger partial charge on any atom is 0.320 e. The van der Waals surface area contributed by atoms with E-state index in [4.69, 9.17) is 9.47 Å². The number of methoxy groups -OCH3 is 2. The smallest absolute Gasteiger partial charge is 0.320 e. The van der Waals surface area contributed by atoms with Crippen LogP contribution in [0.3, 0.4) is 0 Å². The maximum atomic E-state index is 12.5. The first kappa shape index (κ1) is 24.3. The number of nitrogens with one attached hydrogen (secondary N) is 1. The van der Waals surface area contributed by atoms with Crippen LogP contribution in [0.5, 0.6) is 11.5 Å². The van der Waals surface area contributed by atoms with Crippen molar-refractivity contribution in [3.63, 3.8) is 0 Å². The topological polar surface area (TPSA) is 164 Å². The Morgan fingerprint density at radius 3 is 2.41 bits per heavy atom. The van der Waals surface area contributed by atoms with Gasteiger partial charge in [0.05, 0.1) is 41.3 Å². The number of amides is 1. The van der Waals surface area contributed by atoms with Gasteiger partial charge in [-0.05, 0) is 27.6 Å². The summed E-state index contributed by atoms with van der Waals surface area (Å²) >= 11 is 3.34. The van der Waals surface area contributed by atoms with E-state index in [1.807, 2.05) is 0 Å². The van der Waals surface area contributed by atoms with Gasteiger partial charge in [-0.3, -0.25) is 29.7 Å². The number of nitrogens with zero attached hydrogens (tertiary/aromatic N) is 5. The van der Waals surface area contributed by atoms with Crippen molar-refractivity contribution >= 4 is 39.4 Å². The fraction of sp³-hybridized carbons (Fsp3) is 0.150. The molecule has 1 aromatic heterocycles. The van der Waals surface area contributed by atoms with Gasteiger partial charge in [0.25, 0.3) is 11.6 Å². The number of hydrogen-bond acceptors (Lipinski definition) is 9. The molecule has 3 rings (SSSR count). The number of nitro groups is 2. The van der Waals surface area contributed by atoms with E-state index >= 15 is 0 Å². The molecule has 0 fully saturated rings. The molecule has 0 saturated heterocycles. The summed E-state index contributed by atoms with van der Waals surface area (Å²) in [4.78, 5) is 33.4. The Kier molecular flexibility index (Phi) is 7.53. The van der Waals surface area contributed by atoms with Crippen molar-refractivity contribution in [1.82, 2.24) is 15.2 Å². The zero-order chi connectivity index (χ0) is 24.8. The van der Waals surface area contributed by atoms with Gasteiger partial charge >= 0.3 is 5.69 Å². The first-order valence-electron chi connectivity index (χ1n) is 9.43. The molecule has 34 heavy (non-hydrogen) atoms. The Morgan fingerprint density at radius 1 is 1.15 bits per heavy atom. The van der Waals surface area contributed by atoms with Crippen LogP contribution < -0.4 is 14.9 Å². The average molecular weight is 533 g/mol. The summed E-state index contributed by atoms with van der Waals surface area (Å²) in [6.07, 6.45) is 2.41. The van der Waals surface area contributed by atoms with Crippen LogP contribution in [0.2, 0.25) is 0 Å². The molecule has 0 atom stereocenters. The Bertz CT molecular complexity index is 1270. The van der Waals surface area contributed by atoms with E-state index in [1.54, 1.807) is 12.1 Å². The molecular weight excluding hydrogens is 516 g/mol. The molecular formula is C20H17BrN6O7. The first-order chi connectivity index (χ1) is 16.2. The lowest BCUT2D eigenvalue weighted by Crippen LogP contribution is -2.20. The minimum atomic E-state index is -0.892. The van der Waals surface area contributed by atoms with E-state index in [-0.39, 0.29) is 12.2 Å². The number of benzene rings is 2. The number of carbonyl (C=O) groups is 1. The van der Waals surface area contributed by atoms with Crippen molar-refractivity contribution in [3.8, 4) is 11.5 Å². The van der Waals surface area contributed by atoms with Gasteiger partial charge in [-0.25, -0.2) is 5.43 Å². The van der Waals surface area contributed by atoms with Crippen molar-refractivity contribution in [2.45, 2.75) is 6.54 Å². The molecule has 2 aromatic carbocycles. The Hall–Kier alpha value is -4.33. The monoisotopic (exact) mass is 532 g/mol. The number of nitro benzene ring substituents is 1. The lowest BCUT2D eigenvalue weighted by atomic mass is 10.2. The van der Waals surface area contributed by atoms with Crippen LogP contribution in [0.15, 0.2) is 52.2 Å². The highest BCUT2D eigenvalue weighted by atomic mass is 79.9. The van der Waals surface area contributed by atoms with Crippen LogP contribution in [-0.2, 0) is 6.54 Å². The summed E-state index contributed by atoms with van der Waals surface area (Å²) in [6, 6.07) is 8.89. The molecule has 0 radical (unpaired) electrons. The normalized spacial score (nSPS) is 10.8. The summed E-state index contributed by atoms with van der Waals surface area (Å²) < 4.78 is 12.3. The van der Waals surface area contributed by atoms with Crippen LogP contribution in [-0.4, -0.2) is 46.0 Å². The van der Waals surface area contributed by atoms with Crippen LogP contribution >= 0.6 is 15.9 Å². The van der Waals surface area contributed by atoms with E-state index < -0.39 is 27.1 Å². The van der Waals surface area contributed by atoms with Crippen molar-refractivity contribution in [1.29, 1.82) is 0 Å². The van der Waals surface area contributed by atoms with E-state index in [0.29, 0.717) is 27.1 Å². The standard InChI is InChI=1S/C20H17BrN6O7/c1-33-17-8-18(34-2)15(21)7-13(17)9-22-23-20(28)19-16(27(31)32)11-25(24-19)10-12-3-5-14(6-4-12)26(29)30/h3-9,11H,10H2,1-2H3,(H,23,28)/b22-9+. The van der Waals surface area contributed by atoms with Gasteiger partial charge in [0.15, 0.2) is 0 Å². The molecule has 176 valence electrons. The third-order valence-electron chi connectivity index (χ3n) is 4.52. The fourth-order valence-corrected chi connectivity index (χ4v) is 3.42. The number of carbonyl (C=O) groups excluding carboxylic acids is 1. The first-order valence-corrected chi connectivity index (χ1v) is 10.2. The number of non-ortho nitro benzene ring substituents is 1. The molecule has 1 amide bonds. The van der Waals surface area contributed by atoms with Gasteiger partial charge in [0, 0.05) is 23.8 Å². The molecule has 3 aromatic rings. The number of rotatable bonds is 9. The summed E-state index contributed by atoms with van der Waals surface area (Å²) in [5, 5.41) is 30.0. The molecule has 1 heterocycles. The largest absolute Gasteiger partial charge is 0.496 e. The maximum absolute atomic E-state index is 12.5. The number of hydrazone groups is 1. The van der Waals surface area contributed by atoms with E-state index in [1.165, 1.54) is 49.4 Å². The Balaban J connectivity index is 1.78. The van der Waals surface area contributed by atoms with Gasteiger partial charge in [-0.2, -0.15) is 10.2 Å². The minimum Gasteiger partial charge on any atom is -0.496 e. The summed E-state index contributed by atoms with van der Waals surface area (Å²) in [5.74, 6) is 0.0700. The zero-order valence-corrected chi connectivity index (χ0v) is 19.4. The third-order valence-corrected chi connectivity index (χ3v) is 5.14. The van der Waals surface area contributed by atoms with Gasteiger partial charge in [0.1, 0.15) is 17.7 Å². The molecule has 0 aliphatic carbocycles. The average Bonchev–Trinajstić information content (AvgIpc) is 3.24. The highest BCUT2D eigenvalue weighted by Crippen LogP contribution is 2.32. The highest BCUT2D eigenvalue weighted by Gasteiger charge is 2.25.